The predicted octanol–water partition coefficient (Wildman–Crippen LogP) is 3.57. The van der Waals surface area contributed by atoms with Crippen molar-refractivity contribution in [2.45, 2.75) is 45.1 Å². The highest BCUT2D eigenvalue weighted by Crippen LogP contribution is 2.19. The molecule has 1 aromatic carbocycles. The first kappa shape index (κ1) is 17.1. The van der Waals surface area contributed by atoms with E-state index in [1.165, 1.54) is 6.20 Å². The van der Waals surface area contributed by atoms with Crippen LogP contribution in [-0.2, 0) is 6.42 Å². The summed E-state index contributed by atoms with van der Waals surface area (Å²) in [6.07, 6.45) is 6.70. The minimum atomic E-state index is -0.309. The third-order valence-corrected chi connectivity index (χ3v) is 4.59. The van der Waals surface area contributed by atoms with E-state index in [1.54, 1.807) is 12.1 Å². The van der Waals surface area contributed by atoms with Gasteiger partial charge in [-0.2, -0.15) is 0 Å². The van der Waals surface area contributed by atoms with Crippen molar-refractivity contribution in [1.82, 2.24) is 10.3 Å². The number of hydrogen-bond acceptors (Lipinski definition) is 3. The van der Waals surface area contributed by atoms with Crippen molar-refractivity contribution in [1.29, 1.82) is 0 Å². The van der Waals surface area contributed by atoms with E-state index in [4.69, 9.17) is 0 Å². The zero-order chi connectivity index (χ0) is 17.6. The molecule has 25 heavy (non-hydrogen) atoms. The smallest absolute Gasteiger partial charge is 0.274 e. The summed E-state index contributed by atoms with van der Waals surface area (Å²) in [5.74, 6) is -0.450. The summed E-state index contributed by atoms with van der Waals surface area (Å²) in [4.78, 5) is 29.0. The molecule has 130 valence electrons. The zero-order valence-corrected chi connectivity index (χ0v) is 14.4. The number of pyridine rings is 1. The summed E-state index contributed by atoms with van der Waals surface area (Å²) in [6, 6.07) is 11.1. The number of amides is 2. The van der Waals surface area contributed by atoms with E-state index < -0.39 is 0 Å². The molecule has 1 aliphatic carbocycles. The molecule has 0 saturated heterocycles. The van der Waals surface area contributed by atoms with E-state index in [1.807, 2.05) is 31.2 Å². The molecule has 0 spiro atoms. The second kappa shape index (κ2) is 7.92. The SMILES string of the molecule is CCc1ccccc1NC(=O)c1cc(C(=O)NC2CCCC2)ccn1. The molecular formula is C20H23N3O2. The van der Waals surface area contributed by atoms with Crippen LogP contribution in [0.25, 0.3) is 0 Å². The van der Waals surface area contributed by atoms with E-state index in [2.05, 4.69) is 15.6 Å². The van der Waals surface area contributed by atoms with Gasteiger partial charge in [0.15, 0.2) is 0 Å². The van der Waals surface area contributed by atoms with Gasteiger partial charge in [-0.1, -0.05) is 38.0 Å². The lowest BCUT2D eigenvalue weighted by atomic mass is 10.1. The molecule has 5 heteroatoms. The van der Waals surface area contributed by atoms with Gasteiger partial charge in [0, 0.05) is 23.5 Å². The van der Waals surface area contributed by atoms with E-state index in [-0.39, 0.29) is 23.6 Å². The van der Waals surface area contributed by atoms with Crippen molar-refractivity contribution < 1.29 is 9.59 Å². The number of hydrogen-bond donors (Lipinski definition) is 2. The lowest BCUT2D eigenvalue weighted by molar-refractivity contribution is 0.0937. The molecular weight excluding hydrogens is 314 g/mol. The Morgan fingerprint density at radius 1 is 1.12 bits per heavy atom. The van der Waals surface area contributed by atoms with Crippen LogP contribution >= 0.6 is 0 Å². The first-order chi connectivity index (χ1) is 12.2. The average Bonchev–Trinajstić information content (AvgIpc) is 3.15. The highest BCUT2D eigenvalue weighted by Gasteiger charge is 2.19. The highest BCUT2D eigenvalue weighted by molar-refractivity contribution is 6.05. The number of carbonyl (C=O) groups excluding carboxylic acids is 2. The number of para-hydroxylation sites is 1. The summed E-state index contributed by atoms with van der Waals surface area (Å²) in [5.41, 5.74) is 2.55. The van der Waals surface area contributed by atoms with Crippen molar-refractivity contribution in [3.8, 4) is 0 Å². The van der Waals surface area contributed by atoms with E-state index in [0.29, 0.717) is 5.56 Å². The summed E-state index contributed by atoms with van der Waals surface area (Å²) in [7, 11) is 0. The van der Waals surface area contributed by atoms with E-state index in [0.717, 1.165) is 43.4 Å². The van der Waals surface area contributed by atoms with Crippen molar-refractivity contribution in [2.75, 3.05) is 5.32 Å². The van der Waals surface area contributed by atoms with E-state index >= 15 is 0 Å². The molecule has 1 fully saturated rings. The number of nitrogens with one attached hydrogen (secondary N) is 2. The Bertz CT molecular complexity index is 767. The molecule has 0 aliphatic heterocycles. The first-order valence-corrected chi connectivity index (χ1v) is 8.83. The maximum absolute atomic E-state index is 12.5. The van der Waals surface area contributed by atoms with Gasteiger partial charge >= 0.3 is 0 Å². The number of benzene rings is 1. The van der Waals surface area contributed by atoms with Gasteiger partial charge in [0.2, 0.25) is 0 Å². The van der Waals surface area contributed by atoms with Crippen LogP contribution in [0.5, 0.6) is 0 Å². The summed E-state index contributed by atoms with van der Waals surface area (Å²) in [5, 5.41) is 5.91. The number of anilines is 1. The quantitative estimate of drug-likeness (QED) is 0.876. The third kappa shape index (κ3) is 4.24. The molecule has 1 saturated carbocycles. The summed E-state index contributed by atoms with van der Waals surface area (Å²) >= 11 is 0. The van der Waals surface area contributed by atoms with Crippen LogP contribution in [0.15, 0.2) is 42.6 Å². The Kier molecular flexibility index (Phi) is 5.43. The Labute approximate surface area is 147 Å². The molecule has 1 aromatic heterocycles. The molecule has 2 amide bonds. The van der Waals surface area contributed by atoms with Crippen molar-refractivity contribution >= 4 is 17.5 Å². The highest BCUT2D eigenvalue weighted by atomic mass is 16.2. The van der Waals surface area contributed by atoms with Gasteiger partial charge in [0.1, 0.15) is 5.69 Å². The molecule has 0 radical (unpaired) electrons. The minimum Gasteiger partial charge on any atom is -0.349 e. The van der Waals surface area contributed by atoms with Gasteiger partial charge in [-0.05, 0) is 43.0 Å². The van der Waals surface area contributed by atoms with Crippen LogP contribution in [-0.4, -0.2) is 22.8 Å². The topological polar surface area (TPSA) is 71.1 Å². The molecule has 1 aliphatic rings. The normalized spacial score (nSPS) is 14.3. The van der Waals surface area contributed by atoms with Gasteiger partial charge in [0.25, 0.3) is 11.8 Å². The number of aryl methyl sites for hydroxylation is 1. The predicted molar refractivity (Wildman–Crippen MR) is 97.7 cm³/mol. The monoisotopic (exact) mass is 337 g/mol. The maximum Gasteiger partial charge on any atom is 0.274 e. The number of nitrogens with zero attached hydrogens (tertiary/aromatic N) is 1. The largest absolute Gasteiger partial charge is 0.349 e. The van der Waals surface area contributed by atoms with Gasteiger partial charge < -0.3 is 10.6 Å². The van der Waals surface area contributed by atoms with Crippen molar-refractivity contribution in [2.24, 2.45) is 0 Å². The lowest BCUT2D eigenvalue weighted by Crippen LogP contribution is -2.32. The minimum absolute atomic E-state index is 0.141. The zero-order valence-electron chi connectivity index (χ0n) is 14.4. The third-order valence-electron chi connectivity index (χ3n) is 4.59. The number of aromatic nitrogens is 1. The molecule has 3 rings (SSSR count). The summed E-state index contributed by atoms with van der Waals surface area (Å²) < 4.78 is 0. The van der Waals surface area contributed by atoms with Crippen LogP contribution in [0.1, 0.15) is 59.0 Å². The van der Waals surface area contributed by atoms with E-state index in [9.17, 15) is 9.59 Å². The maximum atomic E-state index is 12.5. The number of carbonyl (C=O) groups is 2. The summed E-state index contributed by atoms with van der Waals surface area (Å²) in [6.45, 7) is 2.04. The van der Waals surface area contributed by atoms with Crippen LogP contribution in [0.2, 0.25) is 0 Å². The molecule has 1 heterocycles. The average molecular weight is 337 g/mol. The fraction of sp³-hybridized carbons (Fsp3) is 0.350. The molecule has 0 atom stereocenters. The van der Waals surface area contributed by atoms with Gasteiger partial charge in [-0.3, -0.25) is 14.6 Å². The van der Waals surface area contributed by atoms with Crippen LogP contribution in [0.3, 0.4) is 0 Å². The first-order valence-electron chi connectivity index (χ1n) is 8.83. The van der Waals surface area contributed by atoms with Crippen LogP contribution in [0, 0.1) is 0 Å². The Morgan fingerprint density at radius 3 is 2.64 bits per heavy atom. The van der Waals surface area contributed by atoms with Crippen LogP contribution < -0.4 is 10.6 Å². The standard InChI is InChI=1S/C20H23N3O2/c1-2-14-7-3-6-10-17(14)23-20(25)18-13-15(11-12-21-18)19(24)22-16-8-4-5-9-16/h3,6-7,10-13,16H,2,4-5,8-9H2,1H3,(H,22,24)(H,23,25). The van der Waals surface area contributed by atoms with Gasteiger partial charge in [-0.15, -0.1) is 0 Å². The molecule has 2 N–H and O–H groups in total. The second-order valence-corrected chi connectivity index (χ2v) is 6.35. The molecule has 0 unspecified atom stereocenters. The van der Waals surface area contributed by atoms with Gasteiger partial charge in [0.05, 0.1) is 0 Å². The lowest BCUT2D eigenvalue weighted by Gasteiger charge is -2.12. The Hall–Kier alpha value is -2.69. The molecule has 2 aromatic rings. The molecule has 5 nitrogen and oxygen atoms in total. The van der Waals surface area contributed by atoms with Crippen molar-refractivity contribution in [3.63, 3.8) is 0 Å². The van der Waals surface area contributed by atoms with Crippen molar-refractivity contribution in [3.05, 3.63) is 59.4 Å². The molecule has 0 bridgehead atoms. The second-order valence-electron chi connectivity index (χ2n) is 6.35. The fourth-order valence-electron chi connectivity index (χ4n) is 3.17. The Morgan fingerprint density at radius 2 is 1.88 bits per heavy atom. The fourth-order valence-corrected chi connectivity index (χ4v) is 3.17. The number of rotatable bonds is 5. The Balaban J connectivity index is 1.71. The van der Waals surface area contributed by atoms with Gasteiger partial charge in [-0.25, -0.2) is 0 Å². The van der Waals surface area contributed by atoms with Crippen LogP contribution in [0.4, 0.5) is 5.69 Å².